The molecule has 5 nitrogen and oxygen atoms in total. The zero-order chi connectivity index (χ0) is 24.0. The van der Waals surface area contributed by atoms with E-state index in [9.17, 15) is 18.4 Å². The number of primary amides is 1. The SMILES string of the molecule is NC(=O)c1ccc(Cl)c(F)c1.O=C(NCc1ccc(Cl)cc1F)C1COc2ccccc2C1. The summed E-state index contributed by atoms with van der Waals surface area (Å²) in [6.07, 6.45) is 0.630. The van der Waals surface area contributed by atoms with Crippen molar-refractivity contribution >= 4 is 35.0 Å². The van der Waals surface area contributed by atoms with Crippen LogP contribution in [0.3, 0.4) is 0 Å². The van der Waals surface area contributed by atoms with Crippen molar-refractivity contribution in [1.82, 2.24) is 5.32 Å². The highest BCUT2D eigenvalue weighted by Gasteiger charge is 2.25. The number of rotatable bonds is 4. The number of carbonyl (C=O) groups excluding carboxylic acids is 2. The molecule has 1 aliphatic heterocycles. The molecule has 3 N–H and O–H groups in total. The van der Waals surface area contributed by atoms with Crippen molar-refractivity contribution in [1.29, 1.82) is 0 Å². The Hall–Kier alpha value is -3.16. The monoisotopic (exact) mass is 492 g/mol. The first-order valence-electron chi connectivity index (χ1n) is 9.91. The average Bonchev–Trinajstić information content (AvgIpc) is 2.80. The fourth-order valence-corrected chi connectivity index (χ4v) is 3.41. The minimum Gasteiger partial charge on any atom is -0.492 e. The highest BCUT2D eigenvalue weighted by Crippen LogP contribution is 2.27. The van der Waals surface area contributed by atoms with Crippen LogP contribution < -0.4 is 15.8 Å². The molecule has 1 atom stereocenters. The van der Waals surface area contributed by atoms with Crippen molar-refractivity contribution in [3.8, 4) is 5.75 Å². The van der Waals surface area contributed by atoms with E-state index < -0.39 is 17.5 Å². The van der Waals surface area contributed by atoms with Crippen LogP contribution in [0.1, 0.15) is 21.5 Å². The van der Waals surface area contributed by atoms with Crippen molar-refractivity contribution in [3.05, 3.63) is 99.0 Å². The molecular weight excluding hydrogens is 473 g/mol. The number of hydrogen-bond acceptors (Lipinski definition) is 3. The first-order chi connectivity index (χ1) is 15.7. The van der Waals surface area contributed by atoms with Gasteiger partial charge in [0.25, 0.3) is 0 Å². The Labute approximate surface area is 199 Å². The molecule has 1 aliphatic rings. The second kappa shape index (κ2) is 11.1. The van der Waals surface area contributed by atoms with E-state index >= 15 is 0 Å². The molecule has 4 rings (SSSR count). The van der Waals surface area contributed by atoms with E-state index in [1.54, 1.807) is 12.1 Å². The van der Waals surface area contributed by atoms with Gasteiger partial charge in [-0.3, -0.25) is 9.59 Å². The zero-order valence-corrected chi connectivity index (χ0v) is 18.8. The first-order valence-corrected chi connectivity index (χ1v) is 10.7. The zero-order valence-electron chi connectivity index (χ0n) is 17.3. The van der Waals surface area contributed by atoms with Crippen molar-refractivity contribution in [2.24, 2.45) is 11.7 Å². The van der Waals surface area contributed by atoms with E-state index in [1.165, 1.54) is 18.2 Å². The molecule has 172 valence electrons. The highest BCUT2D eigenvalue weighted by molar-refractivity contribution is 6.31. The molecule has 0 radical (unpaired) electrons. The summed E-state index contributed by atoms with van der Waals surface area (Å²) in [6.45, 7) is 0.478. The number of nitrogens with one attached hydrogen (secondary N) is 1. The molecular formula is C24H20Cl2F2N2O3. The van der Waals surface area contributed by atoms with Crippen molar-refractivity contribution in [2.75, 3.05) is 6.61 Å². The topological polar surface area (TPSA) is 81.4 Å². The maximum absolute atomic E-state index is 13.7. The molecule has 1 heterocycles. The Morgan fingerprint density at radius 3 is 2.48 bits per heavy atom. The molecule has 0 bridgehead atoms. The number of benzene rings is 3. The van der Waals surface area contributed by atoms with Crippen LogP contribution in [0, 0.1) is 17.6 Å². The Kier molecular flexibility index (Phi) is 8.25. The molecule has 1 unspecified atom stereocenters. The average molecular weight is 493 g/mol. The first kappa shape index (κ1) is 24.5. The second-order valence-corrected chi connectivity index (χ2v) is 8.11. The number of carbonyl (C=O) groups is 2. The van der Waals surface area contributed by atoms with Gasteiger partial charge in [0.2, 0.25) is 11.8 Å². The van der Waals surface area contributed by atoms with E-state index in [0.717, 1.165) is 17.4 Å². The van der Waals surface area contributed by atoms with Crippen LogP contribution in [0.15, 0.2) is 60.7 Å². The van der Waals surface area contributed by atoms with Crippen molar-refractivity contribution in [3.63, 3.8) is 0 Å². The molecule has 0 fully saturated rings. The maximum Gasteiger partial charge on any atom is 0.248 e. The van der Waals surface area contributed by atoms with Crippen LogP contribution in [0.4, 0.5) is 8.78 Å². The van der Waals surface area contributed by atoms with Gasteiger partial charge in [0, 0.05) is 22.7 Å². The molecule has 3 aromatic rings. The van der Waals surface area contributed by atoms with E-state index in [4.69, 9.17) is 33.7 Å². The quantitative estimate of drug-likeness (QED) is 0.541. The Balaban J connectivity index is 0.000000235. The third-order valence-corrected chi connectivity index (χ3v) is 5.46. The molecule has 3 aromatic carbocycles. The third kappa shape index (κ3) is 6.66. The summed E-state index contributed by atoms with van der Waals surface area (Å²) in [7, 11) is 0. The van der Waals surface area contributed by atoms with Gasteiger partial charge in [0.1, 0.15) is 24.0 Å². The minimum atomic E-state index is -0.666. The van der Waals surface area contributed by atoms with Gasteiger partial charge in [-0.2, -0.15) is 0 Å². The molecule has 2 amide bonds. The van der Waals surface area contributed by atoms with Gasteiger partial charge in [-0.15, -0.1) is 0 Å². The van der Waals surface area contributed by atoms with E-state index in [2.05, 4.69) is 5.32 Å². The van der Waals surface area contributed by atoms with Crippen LogP contribution in [-0.2, 0) is 17.8 Å². The summed E-state index contributed by atoms with van der Waals surface area (Å²) in [5.41, 5.74) is 6.43. The fourth-order valence-electron chi connectivity index (χ4n) is 3.14. The summed E-state index contributed by atoms with van der Waals surface area (Å²) in [6, 6.07) is 15.8. The molecule has 0 aromatic heterocycles. The van der Waals surface area contributed by atoms with Crippen molar-refractivity contribution in [2.45, 2.75) is 13.0 Å². The predicted molar refractivity (Wildman–Crippen MR) is 122 cm³/mol. The number of amides is 2. The van der Waals surface area contributed by atoms with Gasteiger partial charge in [-0.25, -0.2) is 8.78 Å². The lowest BCUT2D eigenvalue weighted by Crippen LogP contribution is -2.37. The largest absolute Gasteiger partial charge is 0.492 e. The number of nitrogens with two attached hydrogens (primary N) is 1. The highest BCUT2D eigenvalue weighted by atomic mass is 35.5. The molecule has 0 saturated heterocycles. The summed E-state index contributed by atoms with van der Waals surface area (Å²) in [4.78, 5) is 22.7. The maximum atomic E-state index is 13.7. The molecule has 9 heteroatoms. The van der Waals surface area contributed by atoms with Crippen LogP contribution in [0.5, 0.6) is 5.75 Å². The third-order valence-electron chi connectivity index (χ3n) is 4.92. The summed E-state index contributed by atoms with van der Waals surface area (Å²) in [5.74, 6) is -1.29. The van der Waals surface area contributed by atoms with E-state index in [0.29, 0.717) is 23.6 Å². The fraction of sp³-hybridized carbons (Fsp3) is 0.167. The van der Waals surface area contributed by atoms with Gasteiger partial charge in [-0.1, -0.05) is 47.5 Å². The van der Waals surface area contributed by atoms with E-state index in [1.807, 2.05) is 24.3 Å². The van der Waals surface area contributed by atoms with Crippen molar-refractivity contribution < 1.29 is 23.1 Å². The molecule has 0 spiro atoms. The van der Waals surface area contributed by atoms with Gasteiger partial charge in [-0.05, 0) is 48.4 Å². The lowest BCUT2D eigenvalue weighted by Gasteiger charge is -2.24. The van der Waals surface area contributed by atoms with E-state index in [-0.39, 0.29) is 29.0 Å². The number of para-hydroxylation sites is 1. The van der Waals surface area contributed by atoms with Crippen LogP contribution in [0.25, 0.3) is 0 Å². The summed E-state index contributed by atoms with van der Waals surface area (Å²) < 4.78 is 31.9. The Bertz CT molecular complexity index is 1170. The standard InChI is InChI=1S/C17H15ClFNO2.C7H5ClFNO/c18-14-6-5-12(15(19)8-14)9-20-17(21)13-7-11-3-1-2-4-16(11)22-10-13;8-5-2-1-4(7(10)11)3-6(5)9/h1-6,8,13H,7,9-10H2,(H,20,21);1-3H,(H2,10,11). The number of halogens is 4. The number of fused-ring (bicyclic) bond motifs is 1. The van der Waals surface area contributed by atoms with Gasteiger partial charge in [0.05, 0.1) is 10.9 Å². The van der Waals surface area contributed by atoms with Crippen LogP contribution in [-0.4, -0.2) is 18.4 Å². The predicted octanol–water partition coefficient (Wildman–Crippen LogP) is 4.92. The normalized spacial score (nSPS) is 14.2. The second-order valence-electron chi connectivity index (χ2n) is 7.27. The van der Waals surface area contributed by atoms with Gasteiger partial charge < -0.3 is 15.8 Å². The smallest absolute Gasteiger partial charge is 0.248 e. The lowest BCUT2D eigenvalue weighted by molar-refractivity contribution is -0.126. The van der Waals surface area contributed by atoms with Crippen LogP contribution in [0.2, 0.25) is 10.0 Å². The Morgan fingerprint density at radius 1 is 1.03 bits per heavy atom. The number of hydrogen-bond donors (Lipinski definition) is 2. The summed E-state index contributed by atoms with van der Waals surface area (Å²) in [5, 5.41) is 3.08. The minimum absolute atomic E-state index is 0.0185. The molecule has 33 heavy (non-hydrogen) atoms. The van der Waals surface area contributed by atoms with Gasteiger partial charge in [0.15, 0.2) is 0 Å². The summed E-state index contributed by atoms with van der Waals surface area (Å²) >= 11 is 11.1. The lowest BCUT2D eigenvalue weighted by atomic mass is 9.96. The number of ether oxygens (including phenoxy) is 1. The molecule has 0 saturated carbocycles. The van der Waals surface area contributed by atoms with Gasteiger partial charge >= 0.3 is 0 Å². The molecule has 0 aliphatic carbocycles. The van der Waals surface area contributed by atoms with Crippen LogP contribution >= 0.6 is 23.2 Å². The Morgan fingerprint density at radius 2 is 1.79 bits per heavy atom.